The standard InChI is InChI=1S/C16H13FN2S/c17-13-7-12(8-14(18)9-13)10-1-3-11(4-2-10)16-15(19)5-6-20-16/h1-9H,18-19H2. The molecule has 100 valence electrons. The summed E-state index contributed by atoms with van der Waals surface area (Å²) in [4.78, 5) is 1.05. The van der Waals surface area contributed by atoms with Crippen molar-refractivity contribution in [3.63, 3.8) is 0 Å². The van der Waals surface area contributed by atoms with E-state index < -0.39 is 0 Å². The van der Waals surface area contributed by atoms with Gasteiger partial charge in [0.25, 0.3) is 0 Å². The first-order valence-corrected chi connectivity index (χ1v) is 7.01. The van der Waals surface area contributed by atoms with Crippen molar-refractivity contribution in [3.8, 4) is 21.6 Å². The minimum atomic E-state index is -0.327. The number of halogens is 1. The summed E-state index contributed by atoms with van der Waals surface area (Å²) in [5.41, 5.74) is 15.5. The molecule has 3 aromatic rings. The van der Waals surface area contributed by atoms with Crippen LogP contribution in [0, 0.1) is 5.82 Å². The van der Waals surface area contributed by atoms with E-state index >= 15 is 0 Å². The van der Waals surface area contributed by atoms with Crippen molar-refractivity contribution < 1.29 is 4.39 Å². The number of anilines is 2. The zero-order chi connectivity index (χ0) is 14.1. The largest absolute Gasteiger partial charge is 0.399 e. The van der Waals surface area contributed by atoms with Gasteiger partial charge in [0.15, 0.2) is 0 Å². The number of thiophene rings is 1. The van der Waals surface area contributed by atoms with Crippen molar-refractivity contribution >= 4 is 22.7 Å². The Balaban J connectivity index is 1.99. The van der Waals surface area contributed by atoms with Gasteiger partial charge in [0.1, 0.15) is 5.82 Å². The monoisotopic (exact) mass is 284 g/mol. The van der Waals surface area contributed by atoms with Crippen molar-refractivity contribution in [2.24, 2.45) is 0 Å². The highest BCUT2D eigenvalue weighted by Gasteiger charge is 2.06. The molecule has 0 bridgehead atoms. The molecule has 0 atom stereocenters. The average molecular weight is 284 g/mol. The number of benzene rings is 2. The fraction of sp³-hybridized carbons (Fsp3) is 0. The highest BCUT2D eigenvalue weighted by molar-refractivity contribution is 7.14. The SMILES string of the molecule is Nc1cc(F)cc(-c2ccc(-c3sccc3N)cc2)c1. The van der Waals surface area contributed by atoms with Gasteiger partial charge in [-0.05, 0) is 46.3 Å². The molecule has 0 aliphatic heterocycles. The molecule has 0 radical (unpaired) electrons. The van der Waals surface area contributed by atoms with Gasteiger partial charge in [-0.3, -0.25) is 0 Å². The lowest BCUT2D eigenvalue weighted by molar-refractivity contribution is 0.629. The molecule has 2 nitrogen and oxygen atoms in total. The van der Waals surface area contributed by atoms with Gasteiger partial charge >= 0.3 is 0 Å². The van der Waals surface area contributed by atoms with Crippen molar-refractivity contribution in [1.82, 2.24) is 0 Å². The predicted molar refractivity (Wildman–Crippen MR) is 84.0 cm³/mol. The fourth-order valence-corrected chi connectivity index (χ4v) is 2.97. The molecule has 0 aliphatic carbocycles. The Hall–Kier alpha value is -2.33. The van der Waals surface area contributed by atoms with Crippen LogP contribution in [0.3, 0.4) is 0 Å². The second-order valence-electron chi connectivity index (χ2n) is 4.56. The van der Waals surface area contributed by atoms with Crippen LogP contribution in [0.15, 0.2) is 53.9 Å². The average Bonchev–Trinajstić information content (AvgIpc) is 2.84. The van der Waals surface area contributed by atoms with E-state index in [2.05, 4.69) is 0 Å². The number of nitrogen functional groups attached to an aromatic ring is 2. The van der Waals surface area contributed by atoms with Crippen LogP contribution >= 0.6 is 11.3 Å². The van der Waals surface area contributed by atoms with Crippen LogP contribution in [0.2, 0.25) is 0 Å². The van der Waals surface area contributed by atoms with E-state index in [1.807, 2.05) is 35.7 Å². The van der Waals surface area contributed by atoms with Crippen LogP contribution in [-0.4, -0.2) is 0 Å². The zero-order valence-electron chi connectivity index (χ0n) is 10.6. The van der Waals surface area contributed by atoms with E-state index in [1.54, 1.807) is 17.4 Å². The molecule has 4 heteroatoms. The molecule has 1 heterocycles. The Morgan fingerprint density at radius 2 is 1.50 bits per heavy atom. The Morgan fingerprint density at radius 3 is 2.10 bits per heavy atom. The third-order valence-corrected chi connectivity index (χ3v) is 4.08. The third-order valence-electron chi connectivity index (χ3n) is 3.10. The lowest BCUT2D eigenvalue weighted by Crippen LogP contribution is -1.88. The molecule has 0 aliphatic rings. The van der Waals surface area contributed by atoms with Crippen molar-refractivity contribution in [2.45, 2.75) is 0 Å². The van der Waals surface area contributed by atoms with Gasteiger partial charge in [0.2, 0.25) is 0 Å². The van der Waals surface area contributed by atoms with Crippen LogP contribution < -0.4 is 11.5 Å². The van der Waals surface area contributed by atoms with Gasteiger partial charge in [-0.15, -0.1) is 11.3 Å². The molecule has 0 fully saturated rings. The van der Waals surface area contributed by atoms with E-state index in [4.69, 9.17) is 11.5 Å². The van der Waals surface area contributed by atoms with E-state index in [0.717, 1.165) is 27.3 Å². The first kappa shape index (κ1) is 12.7. The first-order chi connectivity index (χ1) is 9.63. The maximum absolute atomic E-state index is 13.4. The molecular weight excluding hydrogens is 271 g/mol. The summed E-state index contributed by atoms with van der Waals surface area (Å²) in [7, 11) is 0. The molecule has 3 rings (SSSR count). The maximum Gasteiger partial charge on any atom is 0.125 e. The first-order valence-electron chi connectivity index (χ1n) is 6.13. The highest BCUT2D eigenvalue weighted by atomic mass is 32.1. The topological polar surface area (TPSA) is 52.0 Å². The van der Waals surface area contributed by atoms with Gasteiger partial charge in [-0.1, -0.05) is 24.3 Å². The fourth-order valence-electron chi connectivity index (χ4n) is 2.15. The second-order valence-corrected chi connectivity index (χ2v) is 5.47. The lowest BCUT2D eigenvalue weighted by Gasteiger charge is -2.06. The maximum atomic E-state index is 13.4. The van der Waals surface area contributed by atoms with E-state index in [0.29, 0.717) is 5.69 Å². The van der Waals surface area contributed by atoms with Crippen LogP contribution in [0.1, 0.15) is 0 Å². The number of hydrogen-bond donors (Lipinski definition) is 2. The Bertz CT molecular complexity index is 727. The third kappa shape index (κ3) is 2.38. The molecule has 0 spiro atoms. The summed E-state index contributed by atoms with van der Waals surface area (Å²) >= 11 is 1.60. The Labute approximate surface area is 120 Å². The number of nitrogens with two attached hydrogens (primary N) is 2. The van der Waals surface area contributed by atoms with E-state index in [9.17, 15) is 4.39 Å². The van der Waals surface area contributed by atoms with E-state index in [-0.39, 0.29) is 5.82 Å². The summed E-state index contributed by atoms with van der Waals surface area (Å²) in [6.45, 7) is 0. The molecule has 20 heavy (non-hydrogen) atoms. The van der Waals surface area contributed by atoms with Gasteiger partial charge in [0, 0.05) is 5.69 Å². The smallest absolute Gasteiger partial charge is 0.125 e. The van der Waals surface area contributed by atoms with E-state index in [1.165, 1.54) is 12.1 Å². The number of hydrogen-bond acceptors (Lipinski definition) is 3. The molecule has 4 N–H and O–H groups in total. The van der Waals surface area contributed by atoms with Gasteiger partial charge in [-0.2, -0.15) is 0 Å². The molecule has 0 amide bonds. The van der Waals surface area contributed by atoms with Gasteiger partial charge in [-0.25, -0.2) is 4.39 Å². The molecular formula is C16H13FN2S. The van der Waals surface area contributed by atoms with Crippen LogP contribution in [-0.2, 0) is 0 Å². The minimum Gasteiger partial charge on any atom is -0.399 e. The van der Waals surface area contributed by atoms with Crippen LogP contribution in [0.5, 0.6) is 0 Å². The second kappa shape index (κ2) is 4.98. The lowest BCUT2D eigenvalue weighted by atomic mass is 10.0. The summed E-state index contributed by atoms with van der Waals surface area (Å²) in [6, 6.07) is 14.3. The minimum absolute atomic E-state index is 0.327. The summed E-state index contributed by atoms with van der Waals surface area (Å²) < 4.78 is 13.4. The highest BCUT2D eigenvalue weighted by Crippen LogP contribution is 2.33. The predicted octanol–water partition coefficient (Wildman–Crippen LogP) is 4.39. The quantitative estimate of drug-likeness (QED) is 0.686. The van der Waals surface area contributed by atoms with Crippen LogP contribution in [0.25, 0.3) is 21.6 Å². The molecule has 0 unspecified atom stereocenters. The molecule has 0 saturated heterocycles. The molecule has 0 saturated carbocycles. The Kier molecular flexibility index (Phi) is 3.16. The normalized spacial score (nSPS) is 10.7. The molecule has 2 aromatic carbocycles. The van der Waals surface area contributed by atoms with Crippen molar-refractivity contribution in [3.05, 3.63) is 59.7 Å². The van der Waals surface area contributed by atoms with Gasteiger partial charge in [0.05, 0.1) is 10.6 Å². The Morgan fingerprint density at radius 1 is 0.800 bits per heavy atom. The summed E-state index contributed by atoms with van der Waals surface area (Å²) in [5, 5.41) is 1.96. The number of rotatable bonds is 2. The zero-order valence-corrected chi connectivity index (χ0v) is 11.5. The van der Waals surface area contributed by atoms with Gasteiger partial charge < -0.3 is 11.5 Å². The van der Waals surface area contributed by atoms with Crippen molar-refractivity contribution in [1.29, 1.82) is 0 Å². The van der Waals surface area contributed by atoms with Crippen molar-refractivity contribution in [2.75, 3.05) is 11.5 Å². The van der Waals surface area contributed by atoms with Crippen LogP contribution in [0.4, 0.5) is 15.8 Å². The molecule has 1 aromatic heterocycles. The summed E-state index contributed by atoms with van der Waals surface area (Å²) in [6.07, 6.45) is 0. The summed E-state index contributed by atoms with van der Waals surface area (Å²) in [5.74, 6) is -0.327.